The molecule has 0 bridgehead atoms. The Bertz CT molecular complexity index is 872. The zero-order valence-electron chi connectivity index (χ0n) is 12.9. The molecule has 0 aliphatic rings. The van der Waals surface area contributed by atoms with Gasteiger partial charge in [-0.15, -0.1) is 0 Å². The normalized spacial score (nSPS) is 11.2. The summed E-state index contributed by atoms with van der Waals surface area (Å²) in [6, 6.07) is 19.3. The third kappa shape index (κ3) is 4.24. The van der Waals surface area contributed by atoms with Crippen LogP contribution >= 0.6 is 23.2 Å². The molecule has 0 spiro atoms. The van der Waals surface area contributed by atoms with Gasteiger partial charge in [-0.2, -0.15) is 0 Å². The minimum atomic E-state index is -0.675. The van der Waals surface area contributed by atoms with Crippen LogP contribution in [0.5, 0.6) is 0 Å². The van der Waals surface area contributed by atoms with Crippen LogP contribution in [0.25, 0.3) is 0 Å². The first-order valence-electron chi connectivity index (χ1n) is 7.36. The standard InChI is InChI=1S/C19H12Cl2N2O2/c20-14-9-10-15(16(21)12-14)19(24)25-23-18(13-6-2-1-3-7-13)17-8-4-5-11-22-17/h1-12H/b23-18+. The van der Waals surface area contributed by atoms with Crippen molar-refractivity contribution in [3.63, 3.8) is 0 Å². The Hall–Kier alpha value is -2.69. The molecule has 3 aromatic rings. The number of halogens is 2. The maximum absolute atomic E-state index is 12.3. The predicted octanol–water partition coefficient (Wildman–Crippen LogP) is 5.00. The molecule has 0 fully saturated rings. The van der Waals surface area contributed by atoms with Gasteiger partial charge in [0.1, 0.15) is 5.71 Å². The fourth-order valence-corrected chi connectivity index (χ4v) is 2.62. The van der Waals surface area contributed by atoms with E-state index in [0.717, 1.165) is 5.56 Å². The summed E-state index contributed by atoms with van der Waals surface area (Å²) in [6.07, 6.45) is 1.64. The topological polar surface area (TPSA) is 51.5 Å². The van der Waals surface area contributed by atoms with Crippen LogP contribution in [0.3, 0.4) is 0 Å². The molecule has 0 unspecified atom stereocenters. The van der Waals surface area contributed by atoms with Gasteiger partial charge in [-0.3, -0.25) is 4.98 Å². The molecule has 124 valence electrons. The van der Waals surface area contributed by atoms with Gasteiger partial charge in [-0.1, -0.05) is 64.8 Å². The van der Waals surface area contributed by atoms with Crippen molar-refractivity contribution < 1.29 is 9.63 Å². The predicted molar refractivity (Wildman–Crippen MR) is 98.2 cm³/mol. The van der Waals surface area contributed by atoms with Crippen LogP contribution in [0, 0.1) is 0 Å². The highest BCUT2D eigenvalue weighted by Gasteiger charge is 2.15. The average Bonchev–Trinajstić information content (AvgIpc) is 2.63. The van der Waals surface area contributed by atoms with Crippen LogP contribution in [0.4, 0.5) is 0 Å². The highest BCUT2D eigenvalue weighted by Crippen LogP contribution is 2.22. The second-order valence-electron chi connectivity index (χ2n) is 5.02. The van der Waals surface area contributed by atoms with E-state index in [1.165, 1.54) is 12.1 Å². The summed E-state index contributed by atoms with van der Waals surface area (Å²) in [5.74, 6) is -0.675. The molecule has 0 saturated carbocycles. The van der Waals surface area contributed by atoms with Gasteiger partial charge in [0.05, 0.1) is 16.3 Å². The summed E-state index contributed by atoms with van der Waals surface area (Å²) in [6.45, 7) is 0. The number of hydrogen-bond donors (Lipinski definition) is 0. The molecule has 0 saturated heterocycles. The second-order valence-corrected chi connectivity index (χ2v) is 5.87. The van der Waals surface area contributed by atoms with Gasteiger partial charge < -0.3 is 4.84 Å². The first kappa shape index (κ1) is 17.1. The van der Waals surface area contributed by atoms with Crippen molar-refractivity contribution in [2.45, 2.75) is 0 Å². The van der Waals surface area contributed by atoms with Crippen molar-refractivity contribution in [2.75, 3.05) is 0 Å². The van der Waals surface area contributed by atoms with Crippen LogP contribution in [0.1, 0.15) is 21.6 Å². The molecule has 0 radical (unpaired) electrons. The fraction of sp³-hybridized carbons (Fsp3) is 0. The molecule has 0 aliphatic carbocycles. The Morgan fingerprint density at radius 3 is 2.40 bits per heavy atom. The average molecular weight is 371 g/mol. The fourth-order valence-electron chi connectivity index (χ4n) is 2.14. The minimum Gasteiger partial charge on any atom is -0.312 e. The molecule has 2 aromatic carbocycles. The maximum atomic E-state index is 12.3. The number of rotatable bonds is 4. The van der Waals surface area contributed by atoms with Gasteiger partial charge in [0, 0.05) is 16.8 Å². The molecule has 6 heteroatoms. The Morgan fingerprint density at radius 2 is 1.72 bits per heavy atom. The number of carbonyl (C=O) groups excluding carboxylic acids is 1. The van der Waals surface area contributed by atoms with Gasteiger partial charge >= 0.3 is 5.97 Å². The molecule has 0 amide bonds. The summed E-state index contributed by atoms with van der Waals surface area (Å²) < 4.78 is 0. The van der Waals surface area contributed by atoms with Crippen molar-refractivity contribution in [2.24, 2.45) is 5.16 Å². The van der Waals surface area contributed by atoms with E-state index in [2.05, 4.69) is 10.1 Å². The zero-order valence-corrected chi connectivity index (χ0v) is 14.4. The molecule has 25 heavy (non-hydrogen) atoms. The Morgan fingerprint density at radius 1 is 0.960 bits per heavy atom. The van der Waals surface area contributed by atoms with Crippen LogP contribution in [-0.2, 0) is 4.84 Å². The molecule has 1 heterocycles. The largest absolute Gasteiger partial charge is 0.367 e. The van der Waals surface area contributed by atoms with Crippen molar-refractivity contribution >= 4 is 34.9 Å². The molecular weight excluding hydrogens is 359 g/mol. The van der Waals surface area contributed by atoms with Crippen LogP contribution in [0.15, 0.2) is 78.1 Å². The van der Waals surface area contributed by atoms with Crippen LogP contribution in [-0.4, -0.2) is 16.7 Å². The summed E-state index contributed by atoms with van der Waals surface area (Å²) >= 11 is 11.9. The van der Waals surface area contributed by atoms with Gasteiger partial charge in [0.2, 0.25) is 0 Å². The number of aromatic nitrogens is 1. The highest BCUT2D eigenvalue weighted by molar-refractivity contribution is 6.36. The lowest BCUT2D eigenvalue weighted by Crippen LogP contribution is -2.09. The van der Waals surface area contributed by atoms with Gasteiger partial charge in [0.25, 0.3) is 0 Å². The number of carbonyl (C=O) groups is 1. The van der Waals surface area contributed by atoms with E-state index in [1.54, 1.807) is 24.4 Å². The molecule has 3 rings (SSSR count). The molecule has 4 nitrogen and oxygen atoms in total. The lowest BCUT2D eigenvalue weighted by atomic mass is 10.1. The minimum absolute atomic E-state index is 0.184. The van der Waals surface area contributed by atoms with E-state index >= 15 is 0 Å². The molecule has 1 aromatic heterocycles. The summed E-state index contributed by atoms with van der Waals surface area (Å²) in [7, 11) is 0. The Kier molecular flexibility index (Phi) is 5.43. The maximum Gasteiger partial charge on any atom is 0.367 e. The number of oxime groups is 1. The van der Waals surface area contributed by atoms with Gasteiger partial charge in [-0.05, 0) is 30.3 Å². The molecular formula is C19H12Cl2N2O2. The third-order valence-corrected chi connectivity index (χ3v) is 3.87. The SMILES string of the molecule is O=C(O/N=C(\c1ccccc1)c1ccccn1)c1ccc(Cl)cc1Cl. The number of benzene rings is 2. The highest BCUT2D eigenvalue weighted by atomic mass is 35.5. The second kappa shape index (κ2) is 7.92. The molecule has 0 N–H and O–H groups in total. The van der Waals surface area contributed by atoms with Crippen molar-refractivity contribution in [3.8, 4) is 0 Å². The first-order valence-corrected chi connectivity index (χ1v) is 8.12. The van der Waals surface area contributed by atoms with Crippen LogP contribution < -0.4 is 0 Å². The van der Waals surface area contributed by atoms with E-state index in [1.807, 2.05) is 36.4 Å². The smallest absolute Gasteiger partial charge is 0.312 e. The third-order valence-electron chi connectivity index (χ3n) is 3.33. The molecule has 0 aliphatic heterocycles. The Balaban J connectivity index is 1.93. The van der Waals surface area contributed by atoms with Crippen molar-refractivity contribution in [1.82, 2.24) is 4.98 Å². The van der Waals surface area contributed by atoms with Gasteiger partial charge in [0.15, 0.2) is 0 Å². The van der Waals surface area contributed by atoms with Gasteiger partial charge in [-0.25, -0.2) is 4.79 Å². The first-order chi connectivity index (χ1) is 12.1. The molecule has 0 atom stereocenters. The zero-order chi connectivity index (χ0) is 17.6. The quantitative estimate of drug-likeness (QED) is 0.369. The van der Waals surface area contributed by atoms with Crippen LogP contribution in [0.2, 0.25) is 10.0 Å². The summed E-state index contributed by atoms with van der Waals surface area (Å²) in [5.41, 5.74) is 1.99. The van der Waals surface area contributed by atoms with E-state index < -0.39 is 5.97 Å². The van der Waals surface area contributed by atoms with Crippen molar-refractivity contribution in [1.29, 1.82) is 0 Å². The lowest BCUT2D eigenvalue weighted by Gasteiger charge is -2.06. The summed E-state index contributed by atoms with van der Waals surface area (Å²) in [5, 5.41) is 4.65. The van der Waals surface area contributed by atoms with Crippen molar-refractivity contribution in [3.05, 3.63) is 99.8 Å². The lowest BCUT2D eigenvalue weighted by molar-refractivity contribution is 0.0517. The summed E-state index contributed by atoms with van der Waals surface area (Å²) in [4.78, 5) is 21.6. The van der Waals surface area contributed by atoms with E-state index in [4.69, 9.17) is 28.0 Å². The van der Waals surface area contributed by atoms with E-state index in [9.17, 15) is 4.79 Å². The Labute approximate surface area is 154 Å². The number of nitrogens with zero attached hydrogens (tertiary/aromatic N) is 2. The monoisotopic (exact) mass is 370 g/mol. The van der Waals surface area contributed by atoms with E-state index in [-0.39, 0.29) is 10.6 Å². The number of pyridine rings is 1. The number of hydrogen-bond acceptors (Lipinski definition) is 4. The van der Waals surface area contributed by atoms with E-state index in [0.29, 0.717) is 16.4 Å².